The molecule has 3 aromatic rings. The lowest BCUT2D eigenvalue weighted by Crippen LogP contribution is -2.16. The van der Waals surface area contributed by atoms with Crippen LogP contribution >= 0.6 is 23.2 Å². The van der Waals surface area contributed by atoms with E-state index in [0.717, 1.165) is 0 Å². The molecule has 2 aromatic heterocycles. The first-order valence-corrected chi connectivity index (χ1v) is 9.34. The smallest absolute Gasteiger partial charge is 0.264 e. The van der Waals surface area contributed by atoms with E-state index in [9.17, 15) is 8.42 Å². The summed E-state index contributed by atoms with van der Waals surface area (Å²) in [6, 6.07) is 4.30. The van der Waals surface area contributed by atoms with Gasteiger partial charge in [-0.3, -0.25) is 4.72 Å². The van der Waals surface area contributed by atoms with E-state index in [1.165, 1.54) is 44.2 Å². The molecule has 0 aliphatic carbocycles. The molecule has 0 saturated heterocycles. The van der Waals surface area contributed by atoms with E-state index in [1.807, 2.05) is 0 Å². The summed E-state index contributed by atoms with van der Waals surface area (Å²) in [6.07, 6.45) is 4.31. The van der Waals surface area contributed by atoms with Crippen molar-refractivity contribution in [1.82, 2.24) is 24.7 Å². The number of hydrogen-bond acceptors (Lipinski definition) is 7. The Labute approximate surface area is 159 Å². The number of rotatable bonds is 6. The monoisotopic (exact) mass is 414 g/mol. The van der Waals surface area contributed by atoms with Crippen LogP contribution in [0.15, 0.2) is 41.9 Å². The van der Waals surface area contributed by atoms with E-state index in [2.05, 4.69) is 24.8 Å². The number of aromatic nitrogens is 5. The molecule has 136 valence electrons. The van der Waals surface area contributed by atoms with Crippen molar-refractivity contribution in [1.29, 1.82) is 0 Å². The number of methoxy groups -OCH3 is 1. The van der Waals surface area contributed by atoms with Crippen LogP contribution in [0.2, 0.25) is 10.0 Å². The van der Waals surface area contributed by atoms with Crippen LogP contribution in [-0.2, 0) is 16.6 Å². The van der Waals surface area contributed by atoms with Crippen LogP contribution in [0.4, 0.5) is 5.82 Å². The number of nitrogens with one attached hydrogen (secondary N) is 1. The lowest BCUT2D eigenvalue weighted by atomic mass is 10.4. The Morgan fingerprint density at radius 3 is 2.81 bits per heavy atom. The Morgan fingerprint density at radius 1 is 1.31 bits per heavy atom. The van der Waals surface area contributed by atoms with E-state index in [1.54, 1.807) is 4.68 Å². The molecule has 0 aliphatic rings. The van der Waals surface area contributed by atoms with Gasteiger partial charge in [0.05, 0.1) is 35.6 Å². The van der Waals surface area contributed by atoms with Crippen molar-refractivity contribution in [2.75, 3.05) is 11.8 Å². The second-order valence-electron chi connectivity index (χ2n) is 4.97. The molecule has 2 heterocycles. The van der Waals surface area contributed by atoms with Crippen LogP contribution in [-0.4, -0.2) is 40.3 Å². The molecule has 9 nitrogen and oxygen atoms in total. The Balaban J connectivity index is 1.90. The highest BCUT2D eigenvalue weighted by Crippen LogP contribution is 2.31. The fraction of sp³-hybridized carbons (Fsp3) is 0.143. The van der Waals surface area contributed by atoms with E-state index in [-0.39, 0.29) is 26.6 Å². The van der Waals surface area contributed by atoms with Gasteiger partial charge in [-0.2, -0.15) is 5.10 Å². The first kappa shape index (κ1) is 18.4. The minimum absolute atomic E-state index is 0.00402. The quantitative estimate of drug-likeness (QED) is 0.657. The van der Waals surface area contributed by atoms with Crippen LogP contribution in [0.1, 0.15) is 5.69 Å². The average molecular weight is 415 g/mol. The Kier molecular flexibility index (Phi) is 5.25. The highest BCUT2D eigenvalue weighted by molar-refractivity contribution is 7.92. The number of anilines is 1. The number of halogens is 2. The van der Waals surface area contributed by atoms with Crippen molar-refractivity contribution in [2.45, 2.75) is 11.4 Å². The molecule has 0 aliphatic heterocycles. The lowest BCUT2D eigenvalue weighted by Gasteiger charge is -2.12. The summed E-state index contributed by atoms with van der Waals surface area (Å²) in [5.74, 6) is -0.0739. The van der Waals surface area contributed by atoms with Crippen LogP contribution < -0.4 is 9.46 Å². The average Bonchev–Trinajstić information content (AvgIpc) is 3.11. The SMILES string of the molecule is COc1nc(Cn2cncn2)cnc1NS(=O)(=O)c1cccc(Cl)c1Cl. The van der Waals surface area contributed by atoms with Gasteiger partial charge in [-0.05, 0) is 12.1 Å². The standard InChI is InChI=1S/C14H12Cl2N6O3S/c1-25-14-13(18-5-9(20-14)6-22-8-17-7-19-22)21-26(23,24)11-4-2-3-10(15)12(11)16/h2-5,7-8H,6H2,1H3,(H,18,21). The maximum Gasteiger partial charge on any atom is 0.264 e. The van der Waals surface area contributed by atoms with Gasteiger partial charge in [0.25, 0.3) is 15.9 Å². The zero-order valence-corrected chi connectivity index (χ0v) is 15.6. The van der Waals surface area contributed by atoms with E-state index >= 15 is 0 Å². The summed E-state index contributed by atoms with van der Waals surface area (Å²) >= 11 is 11.9. The van der Waals surface area contributed by atoms with Gasteiger partial charge in [-0.25, -0.2) is 28.1 Å². The molecular weight excluding hydrogens is 403 g/mol. The van der Waals surface area contributed by atoms with E-state index < -0.39 is 10.0 Å². The summed E-state index contributed by atoms with van der Waals surface area (Å²) in [4.78, 5) is 12.0. The van der Waals surface area contributed by atoms with Crippen LogP contribution in [0, 0.1) is 0 Å². The minimum atomic E-state index is -4.04. The Hall–Kier alpha value is -2.43. The Morgan fingerprint density at radius 2 is 2.12 bits per heavy atom. The number of benzene rings is 1. The summed E-state index contributed by atoms with van der Waals surface area (Å²) < 4.78 is 34.1. The normalized spacial score (nSPS) is 11.3. The molecule has 0 saturated carbocycles. The number of hydrogen-bond donors (Lipinski definition) is 1. The molecule has 0 unspecified atom stereocenters. The van der Waals surface area contributed by atoms with Crippen molar-refractivity contribution in [3.8, 4) is 5.88 Å². The van der Waals surface area contributed by atoms with Crippen molar-refractivity contribution in [2.24, 2.45) is 0 Å². The molecule has 1 aromatic carbocycles. The molecule has 0 bridgehead atoms. The lowest BCUT2D eigenvalue weighted by molar-refractivity contribution is 0.395. The van der Waals surface area contributed by atoms with Gasteiger partial charge in [-0.15, -0.1) is 0 Å². The fourth-order valence-electron chi connectivity index (χ4n) is 2.05. The zero-order chi connectivity index (χ0) is 18.7. The van der Waals surface area contributed by atoms with Crippen LogP contribution in [0.5, 0.6) is 5.88 Å². The molecule has 1 N–H and O–H groups in total. The zero-order valence-electron chi connectivity index (χ0n) is 13.3. The molecule has 0 amide bonds. The number of sulfonamides is 1. The maximum atomic E-state index is 12.6. The third-order valence-electron chi connectivity index (χ3n) is 3.21. The molecule has 0 atom stereocenters. The van der Waals surface area contributed by atoms with Crippen LogP contribution in [0.25, 0.3) is 0 Å². The second kappa shape index (κ2) is 7.44. The van der Waals surface area contributed by atoms with Gasteiger partial charge in [0.15, 0.2) is 0 Å². The predicted octanol–water partition coefficient (Wildman–Crippen LogP) is 2.23. The molecule has 0 spiro atoms. The minimum Gasteiger partial charge on any atom is -0.478 e. The molecule has 0 radical (unpaired) electrons. The van der Waals surface area contributed by atoms with Gasteiger partial charge in [0.2, 0.25) is 5.82 Å². The number of nitrogens with zero attached hydrogens (tertiary/aromatic N) is 5. The first-order valence-electron chi connectivity index (χ1n) is 7.10. The predicted molar refractivity (Wildman–Crippen MR) is 95.0 cm³/mol. The van der Waals surface area contributed by atoms with Gasteiger partial charge in [-0.1, -0.05) is 29.3 Å². The second-order valence-corrected chi connectivity index (χ2v) is 7.41. The highest BCUT2D eigenvalue weighted by Gasteiger charge is 2.22. The summed E-state index contributed by atoms with van der Waals surface area (Å²) in [5.41, 5.74) is 0.510. The molecular formula is C14H12Cl2N6O3S. The summed E-state index contributed by atoms with van der Waals surface area (Å²) in [6.45, 7) is 0.302. The van der Waals surface area contributed by atoms with Crippen molar-refractivity contribution >= 4 is 39.0 Å². The third kappa shape index (κ3) is 3.87. The van der Waals surface area contributed by atoms with Gasteiger partial charge < -0.3 is 4.74 Å². The molecule has 12 heteroatoms. The molecule has 3 rings (SSSR count). The molecule has 26 heavy (non-hydrogen) atoms. The van der Waals surface area contributed by atoms with E-state index in [4.69, 9.17) is 27.9 Å². The van der Waals surface area contributed by atoms with Crippen molar-refractivity contribution in [3.63, 3.8) is 0 Å². The van der Waals surface area contributed by atoms with Gasteiger partial charge in [0, 0.05) is 0 Å². The summed E-state index contributed by atoms with van der Waals surface area (Å²) in [5, 5.41) is 4.00. The first-order chi connectivity index (χ1) is 12.4. The van der Waals surface area contributed by atoms with Gasteiger partial charge in [0.1, 0.15) is 17.6 Å². The fourth-order valence-corrected chi connectivity index (χ4v) is 3.82. The maximum absolute atomic E-state index is 12.6. The Bertz CT molecular complexity index is 1030. The topological polar surface area (TPSA) is 112 Å². The summed E-state index contributed by atoms with van der Waals surface area (Å²) in [7, 11) is -2.68. The van der Waals surface area contributed by atoms with E-state index in [0.29, 0.717) is 12.2 Å². The molecule has 0 fully saturated rings. The highest BCUT2D eigenvalue weighted by atomic mass is 35.5. The van der Waals surface area contributed by atoms with Crippen molar-refractivity contribution < 1.29 is 13.2 Å². The van der Waals surface area contributed by atoms with Gasteiger partial charge >= 0.3 is 0 Å². The van der Waals surface area contributed by atoms with Crippen LogP contribution in [0.3, 0.4) is 0 Å². The van der Waals surface area contributed by atoms with Crippen molar-refractivity contribution in [3.05, 3.63) is 52.8 Å². The third-order valence-corrected chi connectivity index (χ3v) is 5.52. The number of ether oxygens (including phenoxy) is 1. The largest absolute Gasteiger partial charge is 0.478 e.